The van der Waals surface area contributed by atoms with Gasteiger partial charge in [-0.15, -0.1) is 0 Å². The van der Waals surface area contributed by atoms with E-state index in [9.17, 15) is 0 Å². The first-order chi connectivity index (χ1) is 4.79. The minimum Gasteiger partial charge on any atom is -0.330 e. The van der Waals surface area contributed by atoms with Gasteiger partial charge in [0.25, 0.3) is 0 Å². The fourth-order valence-electron chi connectivity index (χ4n) is 2.03. The molecule has 3 unspecified atom stereocenters. The van der Waals surface area contributed by atoms with Crippen LogP contribution in [0, 0.1) is 17.8 Å². The lowest BCUT2D eigenvalue weighted by Gasteiger charge is -2.40. The van der Waals surface area contributed by atoms with Crippen LogP contribution >= 0.6 is 0 Å². The van der Waals surface area contributed by atoms with E-state index in [-0.39, 0.29) is 0 Å². The third-order valence-electron chi connectivity index (χ3n) is 3.10. The van der Waals surface area contributed by atoms with E-state index in [1.807, 2.05) is 0 Å². The molecule has 1 aliphatic rings. The molecule has 0 saturated heterocycles. The number of hydrogen-bond donors (Lipinski definition) is 1. The molecule has 0 aromatic rings. The average Bonchev–Trinajstić information content (AvgIpc) is 1.86. The van der Waals surface area contributed by atoms with Gasteiger partial charge in [-0.1, -0.05) is 20.3 Å². The lowest BCUT2D eigenvalue weighted by atomic mass is 9.66. The summed E-state index contributed by atoms with van der Waals surface area (Å²) < 4.78 is 0. The summed E-state index contributed by atoms with van der Waals surface area (Å²) in [4.78, 5) is 0. The van der Waals surface area contributed by atoms with Crippen LogP contribution in [0.2, 0.25) is 0 Å². The maximum atomic E-state index is 5.60. The molecule has 2 N–H and O–H groups in total. The first kappa shape index (κ1) is 8.06. The molecule has 0 heterocycles. The van der Waals surface area contributed by atoms with Gasteiger partial charge in [-0.2, -0.15) is 0 Å². The van der Waals surface area contributed by atoms with Crippen LogP contribution < -0.4 is 5.73 Å². The Morgan fingerprint density at radius 1 is 1.50 bits per heavy atom. The van der Waals surface area contributed by atoms with E-state index in [1.165, 1.54) is 19.3 Å². The normalized spacial score (nSPS) is 35.1. The molecule has 1 aliphatic carbocycles. The first-order valence-electron chi connectivity index (χ1n) is 4.49. The molecule has 0 bridgehead atoms. The second-order valence-electron chi connectivity index (χ2n) is 3.62. The molecule has 0 aromatic heterocycles. The summed E-state index contributed by atoms with van der Waals surface area (Å²) in [5, 5.41) is 0. The lowest BCUT2D eigenvalue weighted by Crippen LogP contribution is -2.34. The van der Waals surface area contributed by atoms with Crippen LogP contribution in [-0.2, 0) is 0 Å². The van der Waals surface area contributed by atoms with Gasteiger partial charge < -0.3 is 5.73 Å². The molecule has 0 aliphatic heterocycles. The van der Waals surface area contributed by atoms with E-state index >= 15 is 0 Å². The van der Waals surface area contributed by atoms with Gasteiger partial charge in [0.15, 0.2) is 0 Å². The summed E-state index contributed by atoms with van der Waals surface area (Å²) in [6.07, 6.45) is 4.23. The standard InChI is InChI=1S/C9H19N/c1-3-8-4-5-9(8)7(2)6-10/h7-9H,3-6,10H2,1-2H3. The Balaban J connectivity index is 2.27. The van der Waals surface area contributed by atoms with Crippen LogP contribution in [0.5, 0.6) is 0 Å². The average molecular weight is 141 g/mol. The topological polar surface area (TPSA) is 26.0 Å². The predicted octanol–water partition coefficient (Wildman–Crippen LogP) is 2.02. The van der Waals surface area contributed by atoms with E-state index in [0.29, 0.717) is 0 Å². The largest absolute Gasteiger partial charge is 0.330 e. The Hall–Kier alpha value is -0.0400. The summed E-state index contributed by atoms with van der Waals surface area (Å²) in [6.45, 7) is 5.45. The SMILES string of the molecule is CCC1CCC1C(C)CN. The molecule has 3 atom stereocenters. The molecule has 1 fully saturated rings. The van der Waals surface area contributed by atoms with E-state index < -0.39 is 0 Å². The van der Waals surface area contributed by atoms with Gasteiger partial charge in [-0.3, -0.25) is 0 Å². The summed E-state index contributed by atoms with van der Waals surface area (Å²) >= 11 is 0. The minimum atomic E-state index is 0.763. The molecule has 0 aromatic carbocycles. The van der Waals surface area contributed by atoms with Crippen LogP contribution in [0.25, 0.3) is 0 Å². The Labute approximate surface area is 64.0 Å². The Bertz CT molecular complexity index is 92.1. The molecule has 0 spiro atoms. The van der Waals surface area contributed by atoms with Crippen LogP contribution in [-0.4, -0.2) is 6.54 Å². The van der Waals surface area contributed by atoms with Crippen molar-refractivity contribution in [2.24, 2.45) is 23.5 Å². The van der Waals surface area contributed by atoms with Gasteiger partial charge in [0.05, 0.1) is 0 Å². The molecular formula is C9H19N. The summed E-state index contributed by atoms with van der Waals surface area (Å²) in [5.41, 5.74) is 5.60. The van der Waals surface area contributed by atoms with Crippen LogP contribution in [0.3, 0.4) is 0 Å². The molecular weight excluding hydrogens is 122 g/mol. The summed E-state index contributed by atoms with van der Waals surface area (Å²) in [6, 6.07) is 0. The number of rotatable bonds is 3. The van der Waals surface area contributed by atoms with E-state index in [4.69, 9.17) is 5.73 Å². The third-order valence-corrected chi connectivity index (χ3v) is 3.10. The van der Waals surface area contributed by atoms with E-state index in [0.717, 1.165) is 24.3 Å². The molecule has 60 valence electrons. The Morgan fingerprint density at radius 2 is 2.20 bits per heavy atom. The zero-order valence-electron chi connectivity index (χ0n) is 7.14. The van der Waals surface area contributed by atoms with Crippen LogP contribution in [0.1, 0.15) is 33.1 Å². The van der Waals surface area contributed by atoms with Crippen LogP contribution in [0.4, 0.5) is 0 Å². The zero-order valence-corrected chi connectivity index (χ0v) is 7.14. The second-order valence-corrected chi connectivity index (χ2v) is 3.62. The smallest absolute Gasteiger partial charge is 0.00488 e. The van der Waals surface area contributed by atoms with Gasteiger partial charge in [0.1, 0.15) is 0 Å². The van der Waals surface area contributed by atoms with Crippen molar-refractivity contribution in [2.45, 2.75) is 33.1 Å². The van der Waals surface area contributed by atoms with Crippen LogP contribution in [0.15, 0.2) is 0 Å². The van der Waals surface area contributed by atoms with Crippen molar-refractivity contribution < 1.29 is 0 Å². The third kappa shape index (κ3) is 1.34. The van der Waals surface area contributed by atoms with Crippen molar-refractivity contribution in [1.29, 1.82) is 0 Å². The fourth-order valence-corrected chi connectivity index (χ4v) is 2.03. The molecule has 0 amide bonds. The molecule has 1 nitrogen and oxygen atoms in total. The second kappa shape index (κ2) is 3.38. The van der Waals surface area contributed by atoms with Crippen molar-refractivity contribution >= 4 is 0 Å². The number of nitrogens with two attached hydrogens (primary N) is 1. The summed E-state index contributed by atoms with van der Waals surface area (Å²) in [5.74, 6) is 2.72. The van der Waals surface area contributed by atoms with Gasteiger partial charge in [0.2, 0.25) is 0 Å². The first-order valence-corrected chi connectivity index (χ1v) is 4.49. The fraction of sp³-hybridized carbons (Fsp3) is 1.00. The quantitative estimate of drug-likeness (QED) is 0.639. The van der Waals surface area contributed by atoms with Crippen molar-refractivity contribution in [2.75, 3.05) is 6.54 Å². The molecule has 1 heteroatoms. The number of hydrogen-bond acceptors (Lipinski definition) is 1. The summed E-state index contributed by atoms with van der Waals surface area (Å²) in [7, 11) is 0. The molecule has 10 heavy (non-hydrogen) atoms. The van der Waals surface area contributed by atoms with Gasteiger partial charge >= 0.3 is 0 Å². The zero-order chi connectivity index (χ0) is 7.56. The van der Waals surface area contributed by atoms with Crippen molar-refractivity contribution in [3.63, 3.8) is 0 Å². The molecule has 1 rings (SSSR count). The highest BCUT2D eigenvalue weighted by molar-refractivity contribution is 4.83. The molecule has 0 radical (unpaired) electrons. The van der Waals surface area contributed by atoms with Crippen molar-refractivity contribution in [3.05, 3.63) is 0 Å². The maximum absolute atomic E-state index is 5.60. The predicted molar refractivity (Wildman–Crippen MR) is 44.7 cm³/mol. The maximum Gasteiger partial charge on any atom is -0.00488 e. The minimum absolute atomic E-state index is 0.763. The Morgan fingerprint density at radius 3 is 2.50 bits per heavy atom. The van der Waals surface area contributed by atoms with Crippen molar-refractivity contribution in [3.8, 4) is 0 Å². The monoisotopic (exact) mass is 141 g/mol. The Kier molecular flexibility index (Phi) is 2.72. The van der Waals surface area contributed by atoms with E-state index in [1.54, 1.807) is 0 Å². The highest BCUT2D eigenvalue weighted by Gasteiger charge is 2.32. The van der Waals surface area contributed by atoms with Gasteiger partial charge in [-0.25, -0.2) is 0 Å². The highest BCUT2D eigenvalue weighted by atomic mass is 14.6. The lowest BCUT2D eigenvalue weighted by molar-refractivity contribution is 0.113. The van der Waals surface area contributed by atoms with Gasteiger partial charge in [-0.05, 0) is 37.1 Å². The molecule has 1 saturated carbocycles. The highest BCUT2D eigenvalue weighted by Crippen LogP contribution is 2.40. The van der Waals surface area contributed by atoms with Gasteiger partial charge in [0, 0.05) is 0 Å². The van der Waals surface area contributed by atoms with E-state index in [2.05, 4.69) is 13.8 Å². The van der Waals surface area contributed by atoms with Crippen molar-refractivity contribution in [1.82, 2.24) is 0 Å².